The average molecular weight is 303 g/mol. The van der Waals surface area contributed by atoms with Crippen molar-refractivity contribution in [2.75, 3.05) is 5.32 Å². The van der Waals surface area contributed by atoms with Gasteiger partial charge >= 0.3 is 0 Å². The summed E-state index contributed by atoms with van der Waals surface area (Å²) in [4.78, 5) is 0. The molecule has 2 rings (SSSR count). The standard InChI is InChI=1S/C13H17BrClN/c1-9-3-2-4-11(7-9)16-13-6-5-10(14)8-12(13)15/h5-6,8-9,11,16H,2-4,7H2,1H3. The number of anilines is 1. The van der Waals surface area contributed by atoms with Gasteiger partial charge < -0.3 is 5.32 Å². The molecular formula is C13H17BrClN. The zero-order valence-electron chi connectivity index (χ0n) is 9.47. The molecule has 1 aromatic rings. The molecule has 3 heteroatoms. The van der Waals surface area contributed by atoms with E-state index in [0.717, 1.165) is 21.1 Å². The molecule has 1 aliphatic rings. The van der Waals surface area contributed by atoms with Crippen LogP contribution in [0, 0.1) is 5.92 Å². The van der Waals surface area contributed by atoms with E-state index in [0.29, 0.717) is 6.04 Å². The summed E-state index contributed by atoms with van der Waals surface area (Å²) in [6.45, 7) is 2.33. The van der Waals surface area contributed by atoms with Gasteiger partial charge in [-0.25, -0.2) is 0 Å². The topological polar surface area (TPSA) is 12.0 Å². The van der Waals surface area contributed by atoms with Gasteiger partial charge in [-0.2, -0.15) is 0 Å². The first kappa shape index (κ1) is 12.3. The minimum Gasteiger partial charge on any atom is -0.381 e. The van der Waals surface area contributed by atoms with E-state index in [2.05, 4.69) is 28.2 Å². The van der Waals surface area contributed by atoms with Gasteiger partial charge in [0.05, 0.1) is 10.7 Å². The highest BCUT2D eigenvalue weighted by molar-refractivity contribution is 9.10. The lowest BCUT2D eigenvalue weighted by atomic mass is 9.87. The van der Waals surface area contributed by atoms with E-state index in [4.69, 9.17) is 11.6 Å². The maximum atomic E-state index is 6.19. The predicted octanol–water partition coefficient (Wildman–Crippen LogP) is 5.09. The van der Waals surface area contributed by atoms with Gasteiger partial charge in [0.2, 0.25) is 0 Å². The maximum absolute atomic E-state index is 6.19. The third kappa shape index (κ3) is 3.14. The minimum atomic E-state index is 0.586. The summed E-state index contributed by atoms with van der Waals surface area (Å²) in [5.41, 5.74) is 1.06. The number of rotatable bonds is 2. The number of benzene rings is 1. The molecule has 1 aliphatic carbocycles. The molecule has 0 bridgehead atoms. The van der Waals surface area contributed by atoms with Crippen molar-refractivity contribution in [2.24, 2.45) is 5.92 Å². The highest BCUT2D eigenvalue weighted by atomic mass is 79.9. The van der Waals surface area contributed by atoms with Crippen LogP contribution in [0.3, 0.4) is 0 Å². The van der Waals surface area contributed by atoms with Gasteiger partial charge in [0.25, 0.3) is 0 Å². The Labute approximate surface area is 111 Å². The molecule has 1 N–H and O–H groups in total. The fourth-order valence-corrected chi connectivity index (χ4v) is 3.12. The molecule has 2 unspecified atom stereocenters. The van der Waals surface area contributed by atoms with E-state index in [-0.39, 0.29) is 0 Å². The largest absolute Gasteiger partial charge is 0.381 e. The molecule has 0 aromatic heterocycles. The van der Waals surface area contributed by atoms with Crippen molar-refractivity contribution in [3.8, 4) is 0 Å². The summed E-state index contributed by atoms with van der Waals surface area (Å²) >= 11 is 9.61. The molecule has 1 saturated carbocycles. The second-order valence-corrected chi connectivity index (χ2v) is 6.06. The summed E-state index contributed by atoms with van der Waals surface area (Å²) in [6.07, 6.45) is 5.21. The molecule has 0 saturated heterocycles. The summed E-state index contributed by atoms with van der Waals surface area (Å²) in [7, 11) is 0. The molecule has 0 aliphatic heterocycles. The van der Waals surface area contributed by atoms with Crippen LogP contribution in [0.1, 0.15) is 32.6 Å². The Balaban J connectivity index is 2.02. The Morgan fingerprint density at radius 3 is 2.88 bits per heavy atom. The van der Waals surface area contributed by atoms with E-state index in [1.165, 1.54) is 25.7 Å². The lowest BCUT2D eigenvalue weighted by molar-refractivity contribution is 0.358. The van der Waals surface area contributed by atoms with Crippen LogP contribution in [0.4, 0.5) is 5.69 Å². The third-order valence-corrected chi connectivity index (χ3v) is 4.03. The molecule has 0 radical (unpaired) electrons. The zero-order valence-corrected chi connectivity index (χ0v) is 11.8. The van der Waals surface area contributed by atoms with Gasteiger partial charge in [0.15, 0.2) is 0 Å². The van der Waals surface area contributed by atoms with Gasteiger partial charge in [0.1, 0.15) is 0 Å². The molecule has 0 heterocycles. The summed E-state index contributed by atoms with van der Waals surface area (Å²) in [5, 5.41) is 4.35. The van der Waals surface area contributed by atoms with Crippen LogP contribution in [0.15, 0.2) is 22.7 Å². The van der Waals surface area contributed by atoms with Crippen LogP contribution in [0.2, 0.25) is 5.02 Å². The Morgan fingerprint density at radius 1 is 1.38 bits per heavy atom. The molecule has 0 spiro atoms. The van der Waals surface area contributed by atoms with Crippen LogP contribution >= 0.6 is 27.5 Å². The zero-order chi connectivity index (χ0) is 11.5. The third-order valence-electron chi connectivity index (χ3n) is 3.23. The Kier molecular flexibility index (Phi) is 4.15. The van der Waals surface area contributed by atoms with E-state index in [1.54, 1.807) is 0 Å². The first-order chi connectivity index (χ1) is 7.65. The van der Waals surface area contributed by atoms with Gasteiger partial charge in [-0.3, -0.25) is 0 Å². The smallest absolute Gasteiger partial charge is 0.0648 e. The van der Waals surface area contributed by atoms with Crippen molar-refractivity contribution in [1.29, 1.82) is 0 Å². The molecule has 1 aromatic carbocycles. The number of hydrogen-bond donors (Lipinski definition) is 1. The van der Waals surface area contributed by atoms with Crippen molar-refractivity contribution in [3.05, 3.63) is 27.7 Å². The second kappa shape index (κ2) is 5.42. The number of halogens is 2. The number of nitrogens with one attached hydrogen (secondary N) is 1. The van der Waals surface area contributed by atoms with E-state index < -0.39 is 0 Å². The summed E-state index contributed by atoms with van der Waals surface area (Å²) in [6, 6.07) is 6.60. The van der Waals surface area contributed by atoms with E-state index >= 15 is 0 Å². The Morgan fingerprint density at radius 2 is 2.19 bits per heavy atom. The van der Waals surface area contributed by atoms with Crippen LogP contribution < -0.4 is 5.32 Å². The van der Waals surface area contributed by atoms with Crippen LogP contribution in [0.25, 0.3) is 0 Å². The molecule has 0 amide bonds. The molecule has 2 atom stereocenters. The maximum Gasteiger partial charge on any atom is 0.0648 e. The lowest BCUT2D eigenvalue weighted by Gasteiger charge is -2.28. The highest BCUT2D eigenvalue weighted by Crippen LogP contribution is 2.30. The van der Waals surface area contributed by atoms with Gasteiger partial charge in [-0.05, 0) is 37.0 Å². The van der Waals surface area contributed by atoms with Crippen LogP contribution in [-0.2, 0) is 0 Å². The summed E-state index contributed by atoms with van der Waals surface area (Å²) in [5.74, 6) is 0.834. The molecule has 1 nitrogen and oxygen atoms in total. The van der Waals surface area contributed by atoms with Crippen molar-refractivity contribution in [3.63, 3.8) is 0 Å². The minimum absolute atomic E-state index is 0.586. The van der Waals surface area contributed by atoms with E-state index in [9.17, 15) is 0 Å². The summed E-state index contributed by atoms with van der Waals surface area (Å²) < 4.78 is 1.03. The molecule has 88 valence electrons. The van der Waals surface area contributed by atoms with Crippen LogP contribution in [0.5, 0.6) is 0 Å². The van der Waals surface area contributed by atoms with Crippen molar-refractivity contribution in [1.82, 2.24) is 0 Å². The van der Waals surface area contributed by atoms with Crippen molar-refractivity contribution < 1.29 is 0 Å². The van der Waals surface area contributed by atoms with Gasteiger partial charge in [0, 0.05) is 10.5 Å². The van der Waals surface area contributed by atoms with Crippen molar-refractivity contribution >= 4 is 33.2 Å². The fraction of sp³-hybridized carbons (Fsp3) is 0.538. The fourth-order valence-electron chi connectivity index (χ4n) is 2.39. The molecular weight excluding hydrogens is 286 g/mol. The monoisotopic (exact) mass is 301 g/mol. The lowest BCUT2D eigenvalue weighted by Crippen LogP contribution is -2.26. The SMILES string of the molecule is CC1CCCC(Nc2ccc(Br)cc2Cl)C1. The molecule has 1 fully saturated rings. The predicted molar refractivity (Wildman–Crippen MR) is 74.2 cm³/mol. The normalized spacial score (nSPS) is 25.4. The first-order valence-electron chi connectivity index (χ1n) is 5.87. The Hall–Kier alpha value is -0.210. The molecule has 16 heavy (non-hydrogen) atoms. The second-order valence-electron chi connectivity index (χ2n) is 4.74. The van der Waals surface area contributed by atoms with Gasteiger partial charge in [-0.15, -0.1) is 0 Å². The van der Waals surface area contributed by atoms with Gasteiger partial charge in [-0.1, -0.05) is 47.3 Å². The highest BCUT2D eigenvalue weighted by Gasteiger charge is 2.19. The van der Waals surface area contributed by atoms with E-state index in [1.807, 2.05) is 18.2 Å². The Bertz CT molecular complexity index is 367. The van der Waals surface area contributed by atoms with Crippen molar-refractivity contribution in [2.45, 2.75) is 38.6 Å². The first-order valence-corrected chi connectivity index (χ1v) is 7.04. The number of hydrogen-bond acceptors (Lipinski definition) is 1. The average Bonchev–Trinajstić information content (AvgIpc) is 2.22. The quantitative estimate of drug-likeness (QED) is 0.802. The van der Waals surface area contributed by atoms with Crippen LogP contribution in [-0.4, -0.2) is 6.04 Å².